The van der Waals surface area contributed by atoms with Crippen molar-refractivity contribution in [2.45, 2.75) is 32.7 Å². The maximum absolute atomic E-state index is 12.4. The average molecular weight is 341 g/mol. The topological polar surface area (TPSA) is 84.7 Å². The molecule has 0 bridgehead atoms. The van der Waals surface area contributed by atoms with Crippen molar-refractivity contribution >= 4 is 17.1 Å². The molecule has 3 aromatic rings. The summed E-state index contributed by atoms with van der Waals surface area (Å²) in [5.41, 5.74) is 0.987. The zero-order chi connectivity index (χ0) is 17.8. The number of anilines is 1. The van der Waals surface area contributed by atoms with Crippen molar-refractivity contribution in [1.82, 2.24) is 19.1 Å². The first-order valence-corrected chi connectivity index (χ1v) is 8.59. The zero-order valence-corrected chi connectivity index (χ0v) is 14.6. The largest absolute Gasteiger partial charge is 0.356 e. The zero-order valence-electron chi connectivity index (χ0n) is 14.6. The molecule has 0 radical (unpaired) electrons. The van der Waals surface area contributed by atoms with Crippen molar-refractivity contribution in [2.75, 3.05) is 11.9 Å². The number of nitrogens with zero attached hydrogens (tertiary/aromatic N) is 3. The maximum Gasteiger partial charge on any atom is 0.329 e. The van der Waals surface area contributed by atoms with Crippen molar-refractivity contribution in [2.24, 2.45) is 7.05 Å². The highest BCUT2D eigenvalue weighted by molar-refractivity contribution is 5.74. The fraction of sp³-hybridized carbons (Fsp3) is 0.389. The standard InChI is InChI=1S/C18H23N5O2/c1-3-4-8-11-19-17-20-15-14(16(24)21-18(25)22(15)2)23(17)12-13-9-6-5-7-10-13/h5-7,9-10H,3-4,8,11-12H2,1-2H3,(H,19,20)(H,21,24,25). The number of rotatable bonds is 7. The van der Waals surface area contributed by atoms with Crippen LogP contribution >= 0.6 is 0 Å². The number of fused-ring (bicyclic) bond motifs is 1. The highest BCUT2D eigenvalue weighted by atomic mass is 16.2. The number of aromatic amines is 1. The Labute approximate surface area is 145 Å². The number of aryl methyl sites for hydroxylation is 1. The normalized spacial score (nSPS) is 11.1. The van der Waals surface area contributed by atoms with Gasteiger partial charge in [-0.3, -0.25) is 18.9 Å². The van der Waals surface area contributed by atoms with Gasteiger partial charge >= 0.3 is 5.69 Å². The van der Waals surface area contributed by atoms with Crippen molar-refractivity contribution in [3.05, 3.63) is 56.7 Å². The van der Waals surface area contributed by atoms with Crippen LogP contribution in [-0.2, 0) is 13.6 Å². The summed E-state index contributed by atoms with van der Waals surface area (Å²) in [6.45, 7) is 3.44. The Morgan fingerprint density at radius 2 is 1.92 bits per heavy atom. The highest BCUT2D eigenvalue weighted by Crippen LogP contribution is 2.17. The van der Waals surface area contributed by atoms with E-state index in [1.807, 2.05) is 34.9 Å². The van der Waals surface area contributed by atoms with Crippen LogP contribution in [0.3, 0.4) is 0 Å². The lowest BCUT2D eigenvalue weighted by Crippen LogP contribution is -2.29. The van der Waals surface area contributed by atoms with E-state index in [4.69, 9.17) is 0 Å². The Morgan fingerprint density at radius 3 is 2.64 bits per heavy atom. The van der Waals surface area contributed by atoms with Crippen molar-refractivity contribution in [3.63, 3.8) is 0 Å². The Hall–Kier alpha value is -2.83. The first-order valence-electron chi connectivity index (χ1n) is 8.59. The minimum absolute atomic E-state index is 0.391. The van der Waals surface area contributed by atoms with Gasteiger partial charge in [-0.25, -0.2) is 4.79 Å². The third kappa shape index (κ3) is 3.50. The number of aromatic nitrogens is 4. The molecule has 7 nitrogen and oxygen atoms in total. The van der Waals surface area contributed by atoms with E-state index in [9.17, 15) is 9.59 Å². The summed E-state index contributed by atoms with van der Waals surface area (Å²) in [6, 6.07) is 9.88. The lowest BCUT2D eigenvalue weighted by molar-refractivity contribution is 0.732. The third-order valence-electron chi connectivity index (χ3n) is 4.25. The number of unbranched alkanes of at least 4 members (excludes halogenated alkanes) is 2. The smallest absolute Gasteiger partial charge is 0.329 e. The molecule has 7 heteroatoms. The van der Waals surface area contributed by atoms with Crippen LogP contribution in [-0.4, -0.2) is 25.6 Å². The minimum Gasteiger partial charge on any atom is -0.356 e. The number of hydrogen-bond acceptors (Lipinski definition) is 4. The number of H-pyrrole nitrogens is 1. The molecule has 0 saturated carbocycles. The van der Waals surface area contributed by atoms with Gasteiger partial charge in [0.05, 0.1) is 6.54 Å². The molecule has 0 unspecified atom stereocenters. The van der Waals surface area contributed by atoms with Crippen LogP contribution < -0.4 is 16.6 Å². The summed E-state index contributed by atoms with van der Waals surface area (Å²) in [4.78, 5) is 31.1. The van der Waals surface area contributed by atoms with Gasteiger partial charge in [0.25, 0.3) is 5.56 Å². The molecular weight excluding hydrogens is 318 g/mol. The molecule has 0 spiro atoms. The van der Waals surface area contributed by atoms with E-state index in [2.05, 4.69) is 22.2 Å². The van der Waals surface area contributed by atoms with Gasteiger partial charge in [-0.15, -0.1) is 0 Å². The summed E-state index contributed by atoms with van der Waals surface area (Å²) < 4.78 is 3.21. The lowest BCUT2D eigenvalue weighted by atomic mass is 10.2. The van der Waals surface area contributed by atoms with Crippen LogP contribution in [0.15, 0.2) is 39.9 Å². The van der Waals surface area contributed by atoms with Gasteiger partial charge in [-0.05, 0) is 12.0 Å². The molecule has 2 heterocycles. The molecule has 0 aliphatic carbocycles. The van der Waals surface area contributed by atoms with E-state index >= 15 is 0 Å². The van der Waals surface area contributed by atoms with Crippen LogP contribution in [0, 0.1) is 0 Å². The predicted molar refractivity (Wildman–Crippen MR) is 99.2 cm³/mol. The molecule has 0 saturated heterocycles. The fourth-order valence-corrected chi connectivity index (χ4v) is 2.86. The van der Waals surface area contributed by atoms with Gasteiger partial charge in [0, 0.05) is 13.6 Å². The summed E-state index contributed by atoms with van der Waals surface area (Å²) in [5, 5.41) is 3.32. The molecule has 25 heavy (non-hydrogen) atoms. The van der Waals surface area contributed by atoms with Crippen LogP contribution in [0.4, 0.5) is 5.95 Å². The van der Waals surface area contributed by atoms with Gasteiger partial charge in [-0.1, -0.05) is 50.1 Å². The van der Waals surface area contributed by atoms with E-state index < -0.39 is 11.2 Å². The van der Waals surface area contributed by atoms with Gasteiger partial charge in [0.1, 0.15) is 0 Å². The monoisotopic (exact) mass is 341 g/mol. The molecule has 2 N–H and O–H groups in total. The number of benzene rings is 1. The number of imidazole rings is 1. The van der Waals surface area contributed by atoms with Gasteiger partial charge in [0.15, 0.2) is 11.2 Å². The van der Waals surface area contributed by atoms with E-state index in [0.717, 1.165) is 31.4 Å². The maximum atomic E-state index is 12.4. The molecule has 0 atom stereocenters. The Bertz CT molecular complexity index is 969. The van der Waals surface area contributed by atoms with Crippen molar-refractivity contribution in [3.8, 4) is 0 Å². The molecule has 1 aromatic carbocycles. The molecular formula is C18H23N5O2. The van der Waals surface area contributed by atoms with Crippen LogP contribution in [0.2, 0.25) is 0 Å². The van der Waals surface area contributed by atoms with E-state index in [1.165, 1.54) is 4.57 Å². The second-order valence-electron chi connectivity index (χ2n) is 6.13. The second kappa shape index (κ2) is 7.38. The quantitative estimate of drug-likeness (QED) is 0.644. The third-order valence-corrected chi connectivity index (χ3v) is 4.25. The highest BCUT2D eigenvalue weighted by Gasteiger charge is 2.17. The molecule has 0 amide bonds. The van der Waals surface area contributed by atoms with Gasteiger partial charge in [0.2, 0.25) is 5.95 Å². The molecule has 3 rings (SSSR count). The molecule has 2 aromatic heterocycles. The van der Waals surface area contributed by atoms with Crippen LogP contribution in [0.5, 0.6) is 0 Å². The average Bonchev–Trinajstić information content (AvgIpc) is 2.97. The molecule has 0 fully saturated rings. The molecule has 0 aliphatic heterocycles. The lowest BCUT2D eigenvalue weighted by Gasteiger charge is -2.10. The van der Waals surface area contributed by atoms with Crippen molar-refractivity contribution in [1.29, 1.82) is 0 Å². The second-order valence-corrected chi connectivity index (χ2v) is 6.13. The summed E-state index contributed by atoms with van der Waals surface area (Å²) in [7, 11) is 1.61. The minimum atomic E-state index is -0.459. The van der Waals surface area contributed by atoms with Crippen molar-refractivity contribution < 1.29 is 0 Å². The Kier molecular flexibility index (Phi) is 5.02. The molecule has 0 aliphatic rings. The molecule has 132 valence electrons. The first-order chi connectivity index (χ1) is 12.1. The van der Waals surface area contributed by atoms with Crippen LogP contribution in [0.25, 0.3) is 11.2 Å². The number of hydrogen-bond donors (Lipinski definition) is 2. The van der Waals surface area contributed by atoms with Crippen LogP contribution in [0.1, 0.15) is 31.7 Å². The number of nitrogens with one attached hydrogen (secondary N) is 2. The van der Waals surface area contributed by atoms with E-state index in [1.54, 1.807) is 7.05 Å². The van der Waals surface area contributed by atoms with Gasteiger partial charge in [-0.2, -0.15) is 4.98 Å². The first kappa shape index (κ1) is 17.0. The fourth-order valence-electron chi connectivity index (χ4n) is 2.86. The summed E-state index contributed by atoms with van der Waals surface area (Å²) in [5.74, 6) is 0.613. The van der Waals surface area contributed by atoms with Gasteiger partial charge < -0.3 is 5.32 Å². The Balaban J connectivity index is 2.07. The SMILES string of the molecule is CCCCCNc1nc2c(c(=O)[nH]c(=O)n2C)n1Cc1ccccc1. The van der Waals surface area contributed by atoms with E-state index in [0.29, 0.717) is 23.7 Å². The summed E-state index contributed by atoms with van der Waals surface area (Å²) >= 11 is 0. The summed E-state index contributed by atoms with van der Waals surface area (Å²) in [6.07, 6.45) is 3.29. The van der Waals surface area contributed by atoms with E-state index in [-0.39, 0.29) is 0 Å². The predicted octanol–water partition coefficient (Wildman–Crippen LogP) is 2.07. The Morgan fingerprint density at radius 1 is 1.16 bits per heavy atom.